The predicted octanol–water partition coefficient (Wildman–Crippen LogP) is 2.36. The van der Waals surface area contributed by atoms with Crippen molar-refractivity contribution in [3.8, 4) is 0 Å². The Morgan fingerprint density at radius 1 is 1.35 bits per heavy atom. The summed E-state index contributed by atoms with van der Waals surface area (Å²) in [4.78, 5) is 25.8. The molecule has 1 fully saturated rings. The molecule has 23 heavy (non-hydrogen) atoms. The Kier molecular flexibility index (Phi) is 4.81. The van der Waals surface area contributed by atoms with Gasteiger partial charge in [-0.05, 0) is 41.7 Å². The Hall–Kier alpha value is -2.08. The first-order chi connectivity index (χ1) is 11.2. The average molecular weight is 331 g/mol. The van der Waals surface area contributed by atoms with Gasteiger partial charge < -0.3 is 15.5 Å². The zero-order valence-corrected chi connectivity index (χ0v) is 14.0. The molecular formula is C17H21N3O2S. The predicted molar refractivity (Wildman–Crippen MR) is 92.7 cm³/mol. The lowest BCUT2D eigenvalue weighted by Gasteiger charge is -2.23. The van der Waals surface area contributed by atoms with Crippen LogP contribution < -0.4 is 10.6 Å². The van der Waals surface area contributed by atoms with Crippen LogP contribution in [0.4, 0.5) is 4.79 Å². The van der Waals surface area contributed by atoms with Crippen molar-refractivity contribution in [3.63, 3.8) is 0 Å². The van der Waals surface area contributed by atoms with Gasteiger partial charge in [0.25, 0.3) is 0 Å². The lowest BCUT2D eigenvalue weighted by Crippen LogP contribution is -2.49. The molecule has 3 amide bonds. The van der Waals surface area contributed by atoms with E-state index in [2.05, 4.69) is 28.1 Å². The number of rotatable bonds is 4. The number of amides is 3. The molecule has 122 valence electrons. The lowest BCUT2D eigenvalue weighted by atomic mass is 10.1. The zero-order chi connectivity index (χ0) is 16.2. The minimum absolute atomic E-state index is 0.0820. The van der Waals surface area contributed by atoms with Gasteiger partial charge in [-0.25, -0.2) is 4.79 Å². The number of likely N-dealkylation sites (N-methyl/N-ethyl adjacent to an activating group) is 1. The largest absolute Gasteiger partial charge is 0.357 e. The molecule has 1 aromatic heterocycles. The van der Waals surface area contributed by atoms with Crippen molar-refractivity contribution >= 4 is 33.4 Å². The molecular weight excluding hydrogens is 310 g/mol. The lowest BCUT2D eigenvalue weighted by molar-refractivity contribution is -0.124. The monoisotopic (exact) mass is 331 g/mol. The van der Waals surface area contributed by atoms with Crippen molar-refractivity contribution in [2.75, 3.05) is 20.1 Å². The van der Waals surface area contributed by atoms with E-state index in [0.29, 0.717) is 13.1 Å². The van der Waals surface area contributed by atoms with Crippen LogP contribution in [0.5, 0.6) is 0 Å². The second-order valence-electron chi connectivity index (χ2n) is 5.70. The summed E-state index contributed by atoms with van der Waals surface area (Å²) in [5.41, 5.74) is 1.26. The van der Waals surface area contributed by atoms with Crippen molar-refractivity contribution in [2.24, 2.45) is 0 Å². The number of urea groups is 1. The molecule has 1 aliphatic rings. The number of nitrogens with zero attached hydrogens (tertiary/aromatic N) is 1. The minimum atomic E-state index is -0.332. The van der Waals surface area contributed by atoms with Gasteiger partial charge in [-0.1, -0.05) is 18.2 Å². The van der Waals surface area contributed by atoms with Crippen LogP contribution in [0.2, 0.25) is 0 Å². The summed E-state index contributed by atoms with van der Waals surface area (Å²) in [6.45, 7) is 1.22. The van der Waals surface area contributed by atoms with Gasteiger partial charge in [0.15, 0.2) is 0 Å². The molecule has 1 atom stereocenters. The highest BCUT2D eigenvalue weighted by atomic mass is 32.1. The highest BCUT2D eigenvalue weighted by molar-refractivity contribution is 7.17. The number of likely N-dealkylation sites (tertiary alicyclic amines) is 1. The van der Waals surface area contributed by atoms with E-state index in [1.165, 1.54) is 15.6 Å². The molecule has 2 aromatic rings. The average Bonchev–Trinajstić information content (AvgIpc) is 3.21. The van der Waals surface area contributed by atoms with Crippen molar-refractivity contribution in [1.29, 1.82) is 0 Å². The molecule has 1 aliphatic heterocycles. The van der Waals surface area contributed by atoms with Crippen LogP contribution in [0.15, 0.2) is 29.6 Å². The zero-order valence-electron chi connectivity index (χ0n) is 13.2. The molecule has 0 aliphatic carbocycles. The van der Waals surface area contributed by atoms with E-state index >= 15 is 0 Å². The number of hydrogen-bond acceptors (Lipinski definition) is 3. The van der Waals surface area contributed by atoms with Crippen molar-refractivity contribution in [1.82, 2.24) is 15.5 Å². The van der Waals surface area contributed by atoms with E-state index in [-0.39, 0.29) is 18.0 Å². The number of fused-ring (bicyclic) bond motifs is 1. The van der Waals surface area contributed by atoms with E-state index < -0.39 is 0 Å². The molecule has 6 heteroatoms. The van der Waals surface area contributed by atoms with Gasteiger partial charge in [-0.15, -0.1) is 11.3 Å². The summed E-state index contributed by atoms with van der Waals surface area (Å²) in [7, 11) is 1.61. The molecule has 1 saturated heterocycles. The van der Waals surface area contributed by atoms with Gasteiger partial charge in [-0.2, -0.15) is 0 Å². The van der Waals surface area contributed by atoms with Crippen LogP contribution in [0.3, 0.4) is 0 Å². The van der Waals surface area contributed by atoms with Crippen molar-refractivity contribution in [2.45, 2.75) is 25.3 Å². The van der Waals surface area contributed by atoms with E-state index in [0.717, 1.165) is 19.3 Å². The SMILES string of the molecule is CNC(=O)[C@H]1CCCN1C(=O)NCCc1csc2ccccc12. The van der Waals surface area contributed by atoms with E-state index in [4.69, 9.17) is 0 Å². The molecule has 0 bridgehead atoms. The fraction of sp³-hybridized carbons (Fsp3) is 0.412. The normalized spacial score (nSPS) is 17.4. The molecule has 0 radical (unpaired) electrons. The van der Waals surface area contributed by atoms with Gasteiger partial charge in [0.05, 0.1) is 0 Å². The summed E-state index contributed by atoms with van der Waals surface area (Å²) < 4.78 is 1.27. The smallest absolute Gasteiger partial charge is 0.318 e. The Labute approximate surface area is 139 Å². The highest BCUT2D eigenvalue weighted by Gasteiger charge is 2.33. The summed E-state index contributed by atoms with van der Waals surface area (Å²) in [6.07, 6.45) is 2.41. The number of benzene rings is 1. The number of carbonyl (C=O) groups excluding carboxylic acids is 2. The van der Waals surface area contributed by atoms with Crippen LogP contribution >= 0.6 is 11.3 Å². The summed E-state index contributed by atoms with van der Waals surface area (Å²) >= 11 is 1.73. The van der Waals surface area contributed by atoms with Gasteiger partial charge in [0.2, 0.25) is 5.91 Å². The Morgan fingerprint density at radius 3 is 3.00 bits per heavy atom. The maximum Gasteiger partial charge on any atom is 0.318 e. The Bertz CT molecular complexity index is 713. The van der Waals surface area contributed by atoms with Crippen molar-refractivity contribution in [3.05, 3.63) is 35.2 Å². The molecule has 2 heterocycles. The van der Waals surface area contributed by atoms with Gasteiger partial charge in [-0.3, -0.25) is 4.79 Å². The maximum atomic E-state index is 12.3. The van der Waals surface area contributed by atoms with Crippen molar-refractivity contribution < 1.29 is 9.59 Å². The van der Waals surface area contributed by atoms with Crippen LogP contribution in [-0.2, 0) is 11.2 Å². The Morgan fingerprint density at radius 2 is 2.17 bits per heavy atom. The summed E-state index contributed by atoms with van der Waals surface area (Å²) in [6, 6.07) is 7.83. The van der Waals surface area contributed by atoms with Crippen LogP contribution in [-0.4, -0.2) is 43.0 Å². The highest BCUT2D eigenvalue weighted by Crippen LogP contribution is 2.25. The summed E-state index contributed by atoms with van der Waals surface area (Å²) in [5, 5.41) is 8.99. The Balaban J connectivity index is 1.56. The van der Waals surface area contributed by atoms with E-state index in [1.54, 1.807) is 23.3 Å². The van der Waals surface area contributed by atoms with Gasteiger partial charge >= 0.3 is 6.03 Å². The molecule has 5 nitrogen and oxygen atoms in total. The number of hydrogen-bond donors (Lipinski definition) is 2. The fourth-order valence-electron chi connectivity index (χ4n) is 3.08. The number of carbonyl (C=O) groups is 2. The molecule has 2 N–H and O–H groups in total. The van der Waals surface area contributed by atoms with E-state index in [9.17, 15) is 9.59 Å². The van der Waals surface area contributed by atoms with Crippen LogP contribution in [0, 0.1) is 0 Å². The van der Waals surface area contributed by atoms with Gasteiger partial charge in [0.1, 0.15) is 6.04 Å². The first-order valence-corrected chi connectivity index (χ1v) is 8.80. The quantitative estimate of drug-likeness (QED) is 0.903. The van der Waals surface area contributed by atoms with Crippen LogP contribution in [0.1, 0.15) is 18.4 Å². The second kappa shape index (κ2) is 7.00. The summed E-state index contributed by atoms with van der Waals surface area (Å²) in [5.74, 6) is -0.0820. The standard InChI is InChI=1S/C17H21N3O2S/c1-18-16(21)14-6-4-10-20(14)17(22)19-9-8-12-11-23-15-7-3-2-5-13(12)15/h2-3,5,7,11,14H,4,6,8-10H2,1H3,(H,18,21)(H,19,22)/t14-/m1/s1. The second-order valence-corrected chi connectivity index (χ2v) is 6.62. The molecule has 1 aromatic carbocycles. The third-order valence-electron chi connectivity index (χ3n) is 4.29. The minimum Gasteiger partial charge on any atom is -0.357 e. The third kappa shape index (κ3) is 3.32. The maximum absolute atomic E-state index is 12.3. The van der Waals surface area contributed by atoms with E-state index in [1.807, 2.05) is 12.1 Å². The molecule has 0 unspecified atom stereocenters. The first kappa shape index (κ1) is 15.8. The molecule has 0 saturated carbocycles. The molecule has 0 spiro atoms. The molecule has 3 rings (SSSR count). The third-order valence-corrected chi connectivity index (χ3v) is 5.31. The number of nitrogens with one attached hydrogen (secondary N) is 2. The fourth-order valence-corrected chi connectivity index (χ4v) is 4.08. The van der Waals surface area contributed by atoms with Gasteiger partial charge in [0, 0.05) is 24.8 Å². The number of thiophene rings is 1. The first-order valence-electron chi connectivity index (χ1n) is 7.92. The van der Waals surface area contributed by atoms with Crippen LogP contribution in [0.25, 0.3) is 10.1 Å². The topological polar surface area (TPSA) is 61.4 Å².